The van der Waals surface area contributed by atoms with E-state index in [1.165, 1.54) is 0 Å². The Morgan fingerprint density at radius 1 is 1.47 bits per heavy atom. The Hall–Kier alpha value is -1.62. The van der Waals surface area contributed by atoms with Crippen molar-refractivity contribution >= 4 is 11.7 Å². The average Bonchev–Trinajstić information content (AvgIpc) is 2.52. The molecule has 2 heterocycles. The lowest BCUT2D eigenvalue weighted by Crippen LogP contribution is -2.30. The molecule has 0 atom stereocenters. The number of anilines is 1. The molecule has 1 aromatic rings. The van der Waals surface area contributed by atoms with Crippen molar-refractivity contribution in [2.24, 2.45) is 11.3 Å². The summed E-state index contributed by atoms with van der Waals surface area (Å²) in [5.74, 6) is 6.21. The predicted octanol–water partition coefficient (Wildman–Crippen LogP) is 1.91. The number of likely N-dealkylation sites (tertiary alicyclic amines) is 1. The fraction of sp³-hybridized carbons (Fsp3) is 0.571. The minimum absolute atomic E-state index is 0.240. The summed E-state index contributed by atoms with van der Waals surface area (Å²) in [7, 11) is 0. The third-order valence-corrected chi connectivity index (χ3v) is 3.77. The molecule has 1 amide bonds. The van der Waals surface area contributed by atoms with Gasteiger partial charge >= 0.3 is 0 Å². The van der Waals surface area contributed by atoms with Crippen LogP contribution in [0.2, 0.25) is 0 Å². The molecule has 0 spiro atoms. The van der Waals surface area contributed by atoms with Gasteiger partial charge in [0.05, 0.1) is 0 Å². The van der Waals surface area contributed by atoms with E-state index in [4.69, 9.17) is 5.84 Å². The van der Waals surface area contributed by atoms with E-state index in [1.54, 1.807) is 6.20 Å². The van der Waals surface area contributed by atoms with Crippen LogP contribution in [0.4, 0.5) is 5.82 Å². The number of carbonyl (C=O) groups is 1. The molecule has 0 bridgehead atoms. The van der Waals surface area contributed by atoms with Crippen molar-refractivity contribution in [2.45, 2.75) is 39.7 Å². The summed E-state index contributed by atoms with van der Waals surface area (Å²) >= 11 is 0. The number of pyridine rings is 1. The molecular weight excluding hydrogens is 240 g/mol. The number of carbonyl (C=O) groups excluding carboxylic acids is 1. The van der Waals surface area contributed by atoms with Crippen LogP contribution in [-0.2, 0) is 11.3 Å². The average molecular weight is 262 g/mol. The van der Waals surface area contributed by atoms with Crippen LogP contribution in [0, 0.1) is 5.41 Å². The molecule has 0 radical (unpaired) electrons. The first-order chi connectivity index (χ1) is 9.00. The number of aromatic nitrogens is 1. The van der Waals surface area contributed by atoms with Gasteiger partial charge < -0.3 is 10.3 Å². The van der Waals surface area contributed by atoms with Gasteiger partial charge in [0.25, 0.3) is 0 Å². The van der Waals surface area contributed by atoms with E-state index >= 15 is 0 Å². The van der Waals surface area contributed by atoms with Gasteiger partial charge in [-0.3, -0.25) is 4.79 Å². The van der Waals surface area contributed by atoms with E-state index in [0.717, 1.165) is 24.9 Å². The fourth-order valence-electron chi connectivity index (χ4n) is 2.33. The SMILES string of the molecule is CC1(C)CCC(=O)N(Cc2ccnc(NN)c2)CC1. The highest BCUT2D eigenvalue weighted by Gasteiger charge is 2.27. The molecule has 19 heavy (non-hydrogen) atoms. The maximum absolute atomic E-state index is 12.1. The standard InChI is InChI=1S/C14H22N4O/c1-14(2)5-3-13(19)18(8-6-14)10-11-4-7-16-12(9-11)17-15/h4,7,9H,3,5-6,8,10,15H2,1-2H3,(H,16,17). The number of amides is 1. The molecule has 3 N–H and O–H groups in total. The van der Waals surface area contributed by atoms with Gasteiger partial charge in [0.1, 0.15) is 5.82 Å². The number of hydrogen-bond donors (Lipinski definition) is 2. The van der Waals surface area contributed by atoms with Gasteiger partial charge in [-0.2, -0.15) is 0 Å². The summed E-state index contributed by atoms with van der Waals surface area (Å²) in [5.41, 5.74) is 3.84. The number of rotatable bonds is 3. The summed E-state index contributed by atoms with van der Waals surface area (Å²) in [6.45, 7) is 5.91. The number of nitrogens with two attached hydrogens (primary N) is 1. The summed E-state index contributed by atoms with van der Waals surface area (Å²) in [6, 6.07) is 3.80. The minimum Gasteiger partial charge on any atom is -0.338 e. The molecule has 1 saturated heterocycles. The van der Waals surface area contributed by atoms with Crippen LogP contribution in [-0.4, -0.2) is 22.3 Å². The third kappa shape index (κ3) is 3.67. The van der Waals surface area contributed by atoms with Gasteiger partial charge in [-0.15, -0.1) is 0 Å². The largest absolute Gasteiger partial charge is 0.338 e. The highest BCUT2D eigenvalue weighted by atomic mass is 16.2. The molecule has 1 aliphatic heterocycles. The molecule has 0 unspecified atom stereocenters. The molecule has 104 valence electrons. The molecule has 5 heteroatoms. The lowest BCUT2D eigenvalue weighted by atomic mass is 9.85. The molecule has 2 rings (SSSR count). The van der Waals surface area contributed by atoms with E-state index < -0.39 is 0 Å². The summed E-state index contributed by atoms with van der Waals surface area (Å²) in [6.07, 6.45) is 4.36. The van der Waals surface area contributed by atoms with E-state index in [2.05, 4.69) is 24.3 Å². The molecule has 1 aromatic heterocycles. The van der Waals surface area contributed by atoms with E-state index in [1.807, 2.05) is 17.0 Å². The van der Waals surface area contributed by atoms with Crippen molar-refractivity contribution in [3.8, 4) is 0 Å². The lowest BCUT2D eigenvalue weighted by Gasteiger charge is -2.23. The first-order valence-corrected chi connectivity index (χ1v) is 6.69. The summed E-state index contributed by atoms with van der Waals surface area (Å²) < 4.78 is 0. The van der Waals surface area contributed by atoms with E-state index in [9.17, 15) is 4.79 Å². The Kier molecular flexibility index (Phi) is 4.04. The molecule has 0 saturated carbocycles. The van der Waals surface area contributed by atoms with E-state index in [0.29, 0.717) is 18.8 Å². The maximum Gasteiger partial charge on any atom is 0.222 e. The Labute approximate surface area is 114 Å². The van der Waals surface area contributed by atoms with Gasteiger partial charge in [0.15, 0.2) is 0 Å². The molecule has 1 aliphatic rings. The zero-order chi connectivity index (χ0) is 13.9. The quantitative estimate of drug-likeness (QED) is 0.645. The second kappa shape index (κ2) is 5.57. The van der Waals surface area contributed by atoms with E-state index in [-0.39, 0.29) is 11.3 Å². The second-order valence-electron chi connectivity index (χ2n) is 5.92. The van der Waals surface area contributed by atoms with Crippen LogP contribution >= 0.6 is 0 Å². The maximum atomic E-state index is 12.1. The predicted molar refractivity (Wildman–Crippen MR) is 75.1 cm³/mol. The fourth-order valence-corrected chi connectivity index (χ4v) is 2.33. The van der Waals surface area contributed by atoms with Crippen LogP contribution in [0.5, 0.6) is 0 Å². The van der Waals surface area contributed by atoms with Gasteiger partial charge in [-0.05, 0) is 36.0 Å². The van der Waals surface area contributed by atoms with Crippen molar-refractivity contribution in [2.75, 3.05) is 12.0 Å². The highest BCUT2D eigenvalue weighted by Crippen LogP contribution is 2.30. The first kappa shape index (κ1) is 13.8. The monoisotopic (exact) mass is 262 g/mol. The number of nitrogen functional groups attached to an aromatic ring is 1. The second-order valence-corrected chi connectivity index (χ2v) is 5.92. The van der Waals surface area contributed by atoms with Crippen molar-refractivity contribution < 1.29 is 4.79 Å². The van der Waals surface area contributed by atoms with Crippen molar-refractivity contribution in [3.63, 3.8) is 0 Å². The Morgan fingerprint density at radius 3 is 3.00 bits per heavy atom. The van der Waals surface area contributed by atoms with Crippen molar-refractivity contribution in [1.82, 2.24) is 9.88 Å². The highest BCUT2D eigenvalue weighted by molar-refractivity contribution is 5.76. The molecule has 0 aromatic carbocycles. The number of hydrogen-bond acceptors (Lipinski definition) is 4. The number of nitrogens with one attached hydrogen (secondary N) is 1. The van der Waals surface area contributed by atoms with Gasteiger partial charge in [0.2, 0.25) is 5.91 Å². The first-order valence-electron chi connectivity index (χ1n) is 6.69. The lowest BCUT2D eigenvalue weighted by molar-refractivity contribution is -0.131. The number of nitrogens with zero attached hydrogens (tertiary/aromatic N) is 2. The smallest absolute Gasteiger partial charge is 0.222 e. The van der Waals surface area contributed by atoms with Gasteiger partial charge in [0, 0.05) is 25.7 Å². The van der Waals surface area contributed by atoms with Gasteiger partial charge in [-0.25, -0.2) is 10.8 Å². The molecule has 1 fully saturated rings. The van der Waals surface area contributed by atoms with Crippen LogP contribution in [0.15, 0.2) is 18.3 Å². The van der Waals surface area contributed by atoms with Crippen LogP contribution in [0.1, 0.15) is 38.7 Å². The zero-order valence-corrected chi connectivity index (χ0v) is 11.6. The Bertz CT molecular complexity index is 459. The van der Waals surface area contributed by atoms with Crippen LogP contribution < -0.4 is 11.3 Å². The zero-order valence-electron chi connectivity index (χ0n) is 11.6. The Balaban J connectivity index is 2.06. The summed E-state index contributed by atoms with van der Waals surface area (Å²) in [5, 5.41) is 0. The third-order valence-electron chi connectivity index (χ3n) is 3.77. The molecule has 5 nitrogen and oxygen atoms in total. The molecular formula is C14H22N4O. The van der Waals surface area contributed by atoms with Gasteiger partial charge in [-0.1, -0.05) is 13.8 Å². The molecule has 0 aliphatic carbocycles. The van der Waals surface area contributed by atoms with Crippen molar-refractivity contribution in [3.05, 3.63) is 23.9 Å². The number of hydrazine groups is 1. The summed E-state index contributed by atoms with van der Waals surface area (Å²) in [4.78, 5) is 18.1. The normalized spacial score (nSPS) is 19.1. The Morgan fingerprint density at radius 2 is 2.26 bits per heavy atom. The van der Waals surface area contributed by atoms with Crippen LogP contribution in [0.25, 0.3) is 0 Å². The topological polar surface area (TPSA) is 71.2 Å². The minimum atomic E-state index is 0.240. The van der Waals surface area contributed by atoms with Crippen LogP contribution in [0.3, 0.4) is 0 Å². The van der Waals surface area contributed by atoms with Crippen molar-refractivity contribution in [1.29, 1.82) is 0 Å².